The highest BCUT2D eigenvalue weighted by molar-refractivity contribution is 6.32. The van der Waals surface area contributed by atoms with E-state index in [4.69, 9.17) is 16.0 Å². The van der Waals surface area contributed by atoms with Crippen molar-refractivity contribution in [2.75, 3.05) is 0 Å². The van der Waals surface area contributed by atoms with Crippen LogP contribution in [-0.4, -0.2) is 0 Å². The Morgan fingerprint density at radius 2 is 1.86 bits per heavy atom. The number of halogens is 1. The van der Waals surface area contributed by atoms with Crippen LogP contribution in [0.5, 0.6) is 0 Å². The molecule has 0 unspecified atom stereocenters. The highest BCUT2D eigenvalue weighted by Gasteiger charge is 2.12. The SMILES string of the molecule is Cc1cc[n+](Cc2cc(=O)oc3cc(C)c(Cl)cc23)cc1. The number of aryl methyl sites for hydroxylation is 2. The van der Waals surface area contributed by atoms with Crippen LogP contribution in [0, 0.1) is 13.8 Å². The van der Waals surface area contributed by atoms with Crippen molar-refractivity contribution >= 4 is 22.6 Å². The summed E-state index contributed by atoms with van der Waals surface area (Å²) in [6, 6.07) is 9.26. The number of fused-ring (bicyclic) bond motifs is 1. The van der Waals surface area contributed by atoms with Crippen LogP contribution in [0.25, 0.3) is 11.0 Å². The Morgan fingerprint density at radius 3 is 2.57 bits per heavy atom. The monoisotopic (exact) mass is 300 g/mol. The van der Waals surface area contributed by atoms with Crippen molar-refractivity contribution in [3.63, 3.8) is 0 Å². The van der Waals surface area contributed by atoms with Gasteiger partial charge in [0.1, 0.15) is 5.58 Å². The summed E-state index contributed by atoms with van der Waals surface area (Å²) < 4.78 is 7.29. The molecule has 0 aliphatic rings. The van der Waals surface area contributed by atoms with Gasteiger partial charge in [-0.1, -0.05) is 11.6 Å². The van der Waals surface area contributed by atoms with Crippen molar-refractivity contribution < 1.29 is 8.98 Å². The second-order valence-electron chi connectivity index (χ2n) is 5.24. The fraction of sp³-hybridized carbons (Fsp3) is 0.176. The number of aromatic nitrogens is 1. The molecule has 0 atom stereocenters. The molecule has 2 aromatic heterocycles. The van der Waals surface area contributed by atoms with Crippen molar-refractivity contribution in [3.05, 3.63) is 74.9 Å². The fourth-order valence-corrected chi connectivity index (χ4v) is 2.48. The smallest absolute Gasteiger partial charge is 0.336 e. The maximum Gasteiger partial charge on any atom is 0.336 e. The zero-order valence-corrected chi connectivity index (χ0v) is 12.6. The molecule has 21 heavy (non-hydrogen) atoms. The van der Waals surface area contributed by atoms with Crippen molar-refractivity contribution in [3.8, 4) is 0 Å². The third-order valence-electron chi connectivity index (χ3n) is 3.52. The summed E-state index contributed by atoms with van der Waals surface area (Å²) in [5, 5.41) is 1.55. The average molecular weight is 301 g/mol. The van der Waals surface area contributed by atoms with Crippen LogP contribution >= 0.6 is 11.6 Å². The van der Waals surface area contributed by atoms with Gasteiger partial charge in [-0.3, -0.25) is 0 Å². The van der Waals surface area contributed by atoms with E-state index in [1.165, 1.54) is 11.6 Å². The average Bonchev–Trinajstić information content (AvgIpc) is 2.43. The van der Waals surface area contributed by atoms with E-state index >= 15 is 0 Å². The van der Waals surface area contributed by atoms with Crippen LogP contribution < -0.4 is 10.2 Å². The summed E-state index contributed by atoms with van der Waals surface area (Å²) in [7, 11) is 0. The van der Waals surface area contributed by atoms with E-state index < -0.39 is 0 Å². The summed E-state index contributed by atoms with van der Waals surface area (Å²) >= 11 is 6.20. The molecule has 1 aromatic carbocycles. The number of pyridine rings is 1. The standard InChI is InChI=1S/C17H15ClNO2/c1-11-3-5-19(6-4-11)10-13-8-17(20)21-16-7-12(2)15(18)9-14(13)16/h3-9H,10H2,1-2H3/q+1. The van der Waals surface area contributed by atoms with E-state index in [1.54, 1.807) is 0 Å². The number of hydrogen-bond donors (Lipinski definition) is 0. The van der Waals surface area contributed by atoms with E-state index in [9.17, 15) is 4.79 Å². The summed E-state index contributed by atoms with van der Waals surface area (Å²) in [5.41, 5.74) is 3.23. The van der Waals surface area contributed by atoms with Gasteiger partial charge in [-0.15, -0.1) is 0 Å². The predicted octanol–water partition coefficient (Wildman–Crippen LogP) is 3.40. The van der Waals surface area contributed by atoms with Gasteiger partial charge < -0.3 is 4.42 Å². The second-order valence-corrected chi connectivity index (χ2v) is 5.64. The molecule has 0 aliphatic carbocycles. The number of nitrogens with zero attached hydrogens (tertiary/aromatic N) is 1. The van der Waals surface area contributed by atoms with Crippen molar-refractivity contribution in [2.24, 2.45) is 0 Å². The Morgan fingerprint density at radius 1 is 1.14 bits per heavy atom. The third-order valence-corrected chi connectivity index (χ3v) is 3.93. The Balaban J connectivity index is 2.15. The van der Waals surface area contributed by atoms with Gasteiger partial charge in [0.2, 0.25) is 0 Å². The van der Waals surface area contributed by atoms with Gasteiger partial charge in [-0.2, -0.15) is 0 Å². The summed E-state index contributed by atoms with van der Waals surface area (Å²) in [5.74, 6) is 0. The molecule has 0 N–H and O–H groups in total. The van der Waals surface area contributed by atoms with E-state index in [2.05, 4.69) is 0 Å². The maximum atomic E-state index is 11.7. The first-order chi connectivity index (χ1) is 10.0. The molecular weight excluding hydrogens is 286 g/mol. The molecule has 106 valence electrons. The van der Waals surface area contributed by atoms with E-state index in [0.29, 0.717) is 17.2 Å². The maximum absolute atomic E-state index is 11.7. The van der Waals surface area contributed by atoms with E-state index in [0.717, 1.165) is 16.5 Å². The first-order valence-corrected chi connectivity index (χ1v) is 7.09. The minimum absolute atomic E-state index is 0.341. The zero-order valence-electron chi connectivity index (χ0n) is 11.9. The molecule has 0 radical (unpaired) electrons. The van der Waals surface area contributed by atoms with Crippen molar-refractivity contribution in [1.29, 1.82) is 0 Å². The van der Waals surface area contributed by atoms with Crippen molar-refractivity contribution in [1.82, 2.24) is 0 Å². The van der Waals surface area contributed by atoms with Crippen LogP contribution in [0.4, 0.5) is 0 Å². The normalized spacial score (nSPS) is 11.0. The predicted molar refractivity (Wildman–Crippen MR) is 82.7 cm³/mol. The zero-order chi connectivity index (χ0) is 15.0. The topological polar surface area (TPSA) is 34.1 Å². The minimum Gasteiger partial charge on any atom is -0.423 e. The van der Waals surface area contributed by atoms with Gasteiger partial charge in [-0.05, 0) is 37.1 Å². The molecular formula is C17H15ClNO2+. The molecule has 0 fully saturated rings. The Bertz CT molecular complexity index is 866. The molecule has 0 saturated carbocycles. The molecule has 3 aromatic rings. The minimum atomic E-state index is -0.341. The van der Waals surface area contributed by atoms with E-state index in [-0.39, 0.29) is 5.63 Å². The van der Waals surface area contributed by atoms with Crippen LogP contribution in [-0.2, 0) is 6.54 Å². The number of rotatable bonds is 2. The van der Waals surface area contributed by atoms with E-state index in [1.807, 2.05) is 55.1 Å². The molecule has 3 rings (SSSR count). The largest absolute Gasteiger partial charge is 0.423 e. The van der Waals surface area contributed by atoms with Crippen LogP contribution in [0.3, 0.4) is 0 Å². The third kappa shape index (κ3) is 2.83. The highest BCUT2D eigenvalue weighted by atomic mass is 35.5. The van der Waals surface area contributed by atoms with Crippen molar-refractivity contribution in [2.45, 2.75) is 20.4 Å². The molecule has 0 aliphatic heterocycles. The lowest BCUT2D eigenvalue weighted by Gasteiger charge is -2.05. The van der Waals surface area contributed by atoms with Gasteiger partial charge in [0, 0.05) is 34.2 Å². The van der Waals surface area contributed by atoms with Gasteiger partial charge >= 0.3 is 5.63 Å². The Kier molecular flexibility index (Phi) is 3.52. The van der Waals surface area contributed by atoms with Gasteiger partial charge in [0.15, 0.2) is 18.9 Å². The summed E-state index contributed by atoms with van der Waals surface area (Å²) in [4.78, 5) is 11.7. The van der Waals surface area contributed by atoms with Crippen LogP contribution in [0.1, 0.15) is 16.7 Å². The Hall–Kier alpha value is -2.13. The number of hydrogen-bond acceptors (Lipinski definition) is 2. The number of benzene rings is 1. The quantitative estimate of drug-likeness (QED) is 0.537. The lowest BCUT2D eigenvalue weighted by Crippen LogP contribution is -2.33. The first kappa shape index (κ1) is 13.8. The van der Waals surface area contributed by atoms with Gasteiger partial charge in [0.25, 0.3) is 0 Å². The highest BCUT2D eigenvalue weighted by Crippen LogP contribution is 2.25. The lowest BCUT2D eigenvalue weighted by molar-refractivity contribution is -0.688. The molecule has 0 amide bonds. The van der Waals surface area contributed by atoms with Gasteiger partial charge in [-0.25, -0.2) is 9.36 Å². The molecule has 4 heteroatoms. The molecule has 0 spiro atoms. The summed E-state index contributed by atoms with van der Waals surface area (Å²) in [6.07, 6.45) is 3.98. The first-order valence-electron chi connectivity index (χ1n) is 6.71. The molecule has 0 bridgehead atoms. The van der Waals surface area contributed by atoms with Gasteiger partial charge in [0.05, 0.1) is 0 Å². The van der Waals surface area contributed by atoms with Crippen LogP contribution in [0.2, 0.25) is 5.02 Å². The second kappa shape index (κ2) is 5.34. The molecule has 0 saturated heterocycles. The molecule has 3 nitrogen and oxygen atoms in total. The van der Waals surface area contributed by atoms with Crippen LogP contribution in [0.15, 0.2) is 51.9 Å². The lowest BCUT2D eigenvalue weighted by atomic mass is 10.1. The fourth-order valence-electron chi connectivity index (χ4n) is 2.31. The summed E-state index contributed by atoms with van der Waals surface area (Å²) in [6.45, 7) is 4.53. The molecule has 2 heterocycles. The Labute approximate surface area is 127 Å².